The number of rotatable bonds is 5. The van der Waals surface area contributed by atoms with Crippen LogP contribution < -0.4 is 4.74 Å². The molecular formula is C29H27F3O4S2. The van der Waals surface area contributed by atoms with Crippen molar-refractivity contribution in [3.8, 4) is 16.9 Å². The van der Waals surface area contributed by atoms with Gasteiger partial charge in [-0.1, -0.05) is 60.7 Å². The van der Waals surface area contributed by atoms with Gasteiger partial charge in [-0.2, -0.15) is 13.2 Å². The summed E-state index contributed by atoms with van der Waals surface area (Å²) in [5.74, 6) is 0.897. The predicted molar refractivity (Wildman–Crippen MR) is 143 cm³/mol. The van der Waals surface area contributed by atoms with E-state index in [0.29, 0.717) is 0 Å². The SMILES string of the molecule is CC(C)(C)Oc1ccc(-c2ccccc2[S+](c2ccccc2)c2ccccc2)cc1.O=S(=O)([O-])C(F)(F)F. The van der Waals surface area contributed by atoms with Gasteiger partial charge in [0.25, 0.3) is 0 Å². The molecule has 0 aromatic heterocycles. The standard InChI is InChI=1S/C28H27OS.CHF3O3S/c1-28(2,3)29-23-20-18-22(19-21-23)26-16-10-11-17-27(26)30(24-12-6-4-7-13-24)25-14-8-5-9-15-25;2-1(3,4)8(5,6)7/h4-21H,1-3H3;(H,5,6,7)/q+1;/p-1. The summed E-state index contributed by atoms with van der Waals surface area (Å²) in [5, 5.41) is 0. The van der Waals surface area contributed by atoms with Crippen LogP contribution in [-0.2, 0) is 21.0 Å². The molecular weight excluding hydrogens is 533 g/mol. The normalized spacial score (nSPS) is 12.0. The third-order valence-corrected chi connectivity index (χ3v) is 7.79. The summed E-state index contributed by atoms with van der Waals surface area (Å²) in [6.07, 6.45) is 0. The molecule has 0 unspecified atom stereocenters. The predicted octanol–water partition coefficient (Wildman–Crippen LogP) is 7.68. The van der Waals surface area contributed by atoms with Gasteiger partial charge in [-0.25, -0.2) is 8.42 Å². The summed E-state index contributed by atoms with van der Waals surface area (Å²) in [6, 6.07) is 38.8. The third-order valence-electron chi connectivity index (χ3n) is 4.94. The van der Waals surface area contributed by atoms with Crippen molar-refractivity contribution >= 4 is 21.0 Å². The summed E-state index contributed by atoms with van der Waals surface area (Å²) in [7, 11) is -6.27. The largest absolute Gasteiger partial charge is 0.741 e. The molecule has 0 aliphatic rings. The molecule has 0 saturated heterocycles. The van der Waals surface area contributed by atoms with Gasteiger partial charge in [-0.15, -0.1) is 0 Å². The minimum atomic E-state index is -6.09. The summed E-state index contributed by atoms with van der Waals surface area (Å²) < 4.78 is 64.9. The Kier molecular flexibility index (Phi) is 9.30. The third kappa shape index (κ3) is 8.11. The van der Waals surface area contributed by atoms with Gasteiger partial charge in [0.1, 0.15) is 11.4 Å². The molecule has 0 fully saturated rings. The average Bonchev–Trinajstić information content (AvgIpc) is 2.85. The van der Waals surface area contributed by atoms with Crippen LogP contribution in [0.5, 0.6) is 5.75 Å². The topological polar surface area (TPSA) is 66.4 Å². The quantitative estimate of drug-likeness (QED) is 0.143. The smallest absolute Gasteiger partial charge is 0.485 e. The lowest BCUT2D eigenvalue weighted by atomic mass is 10.1. The van der Waals surface area contributed by atoms with Crippen molar-refractivity contribution in [2.45, 2.75) is 46.6 Å². The molecule has 0 aliphatic carbocycles. The van der Waals surface area contributed by atoms with E-state index < -0.39 is 15.6 Å². The van der Waals surface area contributed by atoms with Gasteiger partial charge in [0, 0.05) is 5.56 Å². The molecule has 0 aliphatic heterocycles. The summed E-state index contributed by atoms with van der Waals surface area (Å²) in [6.45, 7) is 6.21. The summed E-state index contributed by atoms with van der Waals surface area (Å²) in [5.41, 5.74) is -3.38. The van der Waals surface area contributed by atoms with Crippen molar-refractivity contribution in [3.05, 3.63) is 109 Å². The van der Waals surface area contributed by atoms with Crippen LogP contribution in [-0.4, -0.2) is 24.1 Å². The molecule has 9 heteroatoms. The molecule has 0 atom stereocenters. The van der Waals surface area contributed by atoms with Crippen molar-refractivity contribution < 1.29 is 30.9 Å². The molecule has 0 bridgehead atoms. The lowest BCUT2D eigenvalue weighted by Crippen LogP contribution is -2.22. The van der Waals surface area contributed by atoms with E-state index in [9.17, 15) is 13.2 Å². The van der Waals surface area contributed by atoms with Crippen LogP contribution >= 0.6 is 0 Å². The summed E-state index contributed by atoms with van der Waals surface area (Å²) in [4.78, 5) is 3.98. The van der Waals surface area contributed by atoms with E-state index in [4.69, 9.17) is 17.7 Å². The number of ether oxygens (including phenoxy) is 1. The number of halogens is 3. The zero-order valence-electron chi connectivity index (χ0n) is 21.0. The van der Waals surface area contributed by atoms with Crippen LogP contribution in [0.4, 0.5) is 13.2 Å². The van der Waals surface area contributed by atoms with Gasteiger partial charge < -0.3 is 9.29 Å². The monoisotopic (exact) mass is 560 g/mol. The first-order valence-electron chi connectivity index (χ1n) is 11.5. The van der Waals surface area contributed by atoms with E-state index in [-0.39, 0.29) is 16.5 Å². The Labute approximate surface area is 224 Å². The van der Waals surface area contributed by atoms with E-state index >= 15 is 0 Å². The number of benzene rings is 4. The lowest BCUT2D eigenvalue weighted by molar-refractivity contribution is -0.0517. The highest BCUT2D eigenvalue weighted by atomic mass is 32.2. The minimum Gasteiger partial charge on any atom is -0.741 e. The Bertz CT molecular complexity index is 1380. The first-order chi connectivity index (χ1) is 17.8. The minimum absolute atomic E-state index is 0.179. The Morgan fingerprint density at radius 2 is 1.11 bits per heavy atom. The van der Waals surface area contributed by atoms with E-state index in [1.807, 2.05) is 0 Å². The molecule has 0 saturated carbocycles. The van der Waals surface area contributed by atoms with Crippen LogP contribution in [0.15, 0.2) is 124 Å². The van der Waals surface area contributed by atoms with Crippen LogP contribution in [0.3, 0.4) is 0 Å². The highest BCUT2D eigenvalue weighted by Gasteiger charge is 2.37. The fourth-order valence-electron chi connectivity index (χ4n) is 3.44. The highest BCUT2D eigenvalue weighted by molar-refractivity contribution is 7.97. The van der Waals surface area contributed by atoms with E-state index in [0.717, 1.165) is 5.75 Å². The van der Waals surface area contributed by atoms with Crippen molar-refractivity contribution in [2.75, 3.05) is 0 Å². The average molecular weight is 561 g/mol. The van der Waals surface area contributed by atoms with Gasteiger partial charge in [0.2, 0.25) is 0 Å². The van der Waals surface area contributed by atoms with Crippen LogP contribution in [0.2, 0.25) is 0 Å². The molecule has 4 nitrogen and oxygen atoms in total. The number of hydrogen-bond acceptors (Lipinski definition) is 4. The number of hydrogen-bond donors (Lipinski definition) is 0. The highest BCUT2D eigenvalue weighted by Crippen LogP contribution is 2.37. The van der Waals surface area contributed by atoms with E-state index in [1.165, 1.54) is 25.8 Å². The fraction of sp³-hybridized carbons (Fsp3) is 0.172. The summed E-state index contributed by atoms with van der Waals surface area (Å²) >= 11 is 0. The van der Waals surface area contributed by atoms with Gasteiger partial charge in [-0.05, 0) is 74.9 Å². The molecule has 4 aromatic rings. The van der Waals surface area contributed by atoms with Crippen LogP contribution in [0.1, 0.15) is 20.8 Å². The Morgan fingerprint density at radius 3 is 1.53 bits per heavy atom. The maximum Gasteiger partial charge on any atom is 0.485 e. The molecule has 200 valence electrons. The molecule has 38 heavy (non-hydrogen) atoms. The van der Waals surface area contributed by atoms with Crippen molar-refractivity contribution in [1.29, 1.82) is 0 Å². The first kappa shape index (κ1) is 29.3. The van der Waals surface area contributed by atoms with Gasteiger partial charge in [-0.3, -0.25) is 0 Å². The van der Waals surface area contributed by atoms with Crippen molar-refractivity contribution in [1.82, 2.24) is 0 Å². The molecule has 4 aromatic carbocycles. The second-order valence-electron chi connectivity index (χ2n) is 9.07. The lowest BCUT2D eigenvalue weighted by Gasteiger charge is -2.21. The second-order valence-corrected chi connectivity index (χ2v) is 12.4. The van der Waals surface area contributed by atoms with E-state index in [2.05, 4.69) is 130 Å². The first-order valence-corrected chi connectivity index (χ1v) is 14.1. The molecule has 0 N–H and O–H groups in total. The zero-order chi connectivity index (χ0) is 28.0. The number of alkyl halides is 3. The van der Waals surface area contributed by atoms with Crippen LogP contribution in [0, 0.1) is 0 Å². The Balaban J connectivity index is 0.000000436. The molecule has 4 rings (SSSR count). The molecule has 0 spiro atoms. The zero-order valence-corrected chi connectivity index (χ0v) is 22.6. The van der Waals surface area contributed by atoms with Gasteiger partial charge >= 0.3 is 5.51 Å². The second kappa shape index (κ2) is 12.1. The van der Waals surface area contributed by atoms with E-state index in [1.54, 1.807) is 0 Å². The fourth-order valence-corrected chi connectivity index (χ4v) is 5.70. The molecule has 0 heterocycles. The Morgan fingerprint density at radius 1 is 0.684 bits per heavy atom. The van der Waals surface area contributed by atoms with Crippen molar-refractivity contribution in [2.24, 2.45) is 0 Å². The molecule has 0 amide bonds. The Hall–Kier alpha value is -3.27. The van der Waals surface area contributed by atoms with Crippen LogP contribution in [0.25, 0.3) is 11.1 Å². The van der Waals surface area contributed by atoms with Gasteiger partial charge in [0.05, 0.1) is 10.9 Å². The maximum atomic E-state index is 10.7. The molecule has 0 radical (unpaired) electrons. The maximum absolute atomic E-state index is 10.7. The van der Waals surface area contributed by atoms with Gasteiger partial charge in [0.15, 0.2) is 24.8 Å². The van der Waals surface area contributed by atoms with Crippen molar-refractivity contribution in [3.63, 3.8) is 0 Å².